The third-order valence-corrected chi connectivity index (χ3v) is 5.82. The fourth-order valence-corrected chi connectivity index (χ4v) is 4.20. The number of benzene rings is 2. The summed E-state index contributed by atoms with van der Waals surface area (Å²) in [6.07, 6.45) is 3.19. The van der Waals surface area contributed by atoms with E-state index in [4.69, 9.17) is 10.5 Å². The summed E-state index contributed by atoms with van der Waals surface area (Å²) in [4.78, 5) is 18.5. The molecule has 0 saturated carbocycles. The van der Waals surface area contributed by atoms with Crippen LogP contribution in [0.3, 0.4) is 0 Å². The summed E-state index contributed by atoms with van der Waals surface area (Å²) in [5.41, 5.74) is 11.6. The fourth-order valence-electron chi connectivity index (χ4n) is 4.20. The quantitative estimate of drug-likeness (QED) is 0.332. The van der Waals surface area contributed by atoms with Crippen LogP contribution in [0.25, 0.3) is 17.2 Å². The minimum Gasteiger partial charge on any atom is -0.463 e. The second kappa shape index (κ2) is 12.6. The van der Waals surface area contributed by atoms with Gasteiger partial charge in [-0.3, -0.25) is 9.69 Å². The van der Waals surface area contributed by atoms with Crippen LogP contribution < -0.4 is 5.73 Å². The highest BCUT2D eigenvalue weighted by molar-refractivity contribution is 5.91. The number of rotatable bonds is 11. The normalized spacial score (nSPS) is 14.3. The molecule has 0 fully saturated rings. The van der Waals surface area contributed by atoms with Gasteiger partial charge in [-0.1, -0.05) is 43.3 Å². The number of aliphatic hydroxyl groups excluding tert-OH is 2. The Morgan fingerprint density at radius 3 is 2.51 bits per heavy atom. The van der Waals surface area contributed by atoms with Crippen molar-refractivity contribution in [3.63, 3.8) is 0 Å². The first-order chi connectivity index (χ1) is 16.8. The van der Waals surface area contributed by atoms with Gasteiger partial charge in [0.25, 0.3) is 0 Å². The molecule has 188 valence electrons. The molecule has 2 aromatic rings. The number of aliphatic imine (C=N–C) groups is 1. The molecule has 0 bridgehead atoms. The van der Waals surface area contributed by atoms with Gasteiger partial charge in [-0.15, -0.1) is 0 Å². The SMILES string of the molecule is CCCN(CCCO)C(O)C1=Cc2ccc(-c3ccc(CC(=O)OC(C)C)cc3)cc2N=C(N)C1. The molecule has 1 unspecified atom stereocenters. The number of nitrogens with two attached hydrogens (primary N) is 1. The Bertz CT molecular complexity index is 1060. The maximum Gasteiger partial charge on any atom is 0.310 e. The number of hydrogen-bond acceptors (Lipinski definition) is 7. The first kappa shape index (κ1) is 26.6. The summed E-state index contributed by atoms with van der Waals surface area (Å²) in [5, 5.41) is 20.3. The van der Waals surface area contributed by atoms with Crippen molar-refractivity contribution < 1.29 is 19.7 Å². The Hall–Kier alpha value is -3.00. The molecule has 0 spiro atoms. The van der Waals surface area contributed by atoms with Crippen LogP contribution in [0.15, 0.2) is 53.0 Å². The fraction of sp³-hybridized carbons (Fsp3) is 0.429. The highest BCUT2D eigenvalue weighted by atomic mass is 16.5. The summed E-state index contributed by atoms with van der Waals surface area (Å²) in [7, 11) is 0. The zero-order valence-electron chi connectivity index (χ0n) is 20.9. The standard InChI is InChI=1S/C28H37N3O4/c1-4-12-31(13-5-14-32)28(34)24-16-23-11-10-22(17-25(23)30-26(29)18-24)21-8-6-20(7-9-21)15-27(33)35-19(2)3/h6-11,16-17,19,28,32,34H,4-5,12-15,18H2,1-3H3,(H2,29,30). The first-order valence-electron chi connectivity index (χ1n) is 12.3. The minimum absolute atomic E-state index is 0.0875. The number of carbonyl (C=O) groups is 1. The van der Waals surface area contributed by atoms with E-state index < -0.39 is 6.23 Å². The molecular formula is C28H37N3O4. The smallest absolute Gasteiger partial charge is 0.310 e. The maximum atomic E-state index is 11.9. The number of ether oxygens (including phenoxy) is 1. The van der Waals surface area contributed by atoms with E-state index in [-0.39, 0.29) is 25.1 Å². The largest absolute Gasteiger partial charge is 0.463 e. The van der Waals surface area contributed by atoms with E-state index in [1.54, 1.807) is 0 Å². The van der Waals surface area contributed by atoms with E-state index in [9.17, 15) is 15.0 Å². The highest BCUT2D eigenvalue weighted by Crippen LogP contribution is 2.33. The second-order valence-corrected chi connectivity index (χ2v) is 9.17. The van der Waals surface area contributed by atoms with Gasteiger partial charge in [0.1, 0.15) is 12.1 Å². The van der Waals surface area contributed by atoms with Gasteiger partial charge in [0.15, 0.2) is 0 Å². The predicted octanol–water partition coefficient (Wildman–Crippen LogP) is 4.04. The molecule has 0 radical (unpaired) electrons. The van der Waals surface area contributed by atoms with Gasteiger partial charge in [-0.2, -0.15) is 0 Å². The van der Waals surface area contributed by atoms with Crippen LogP contribution in [0.2, 0.25) is 0 Å². The lowest BCUT2D eigenvalue weighted by molar-refractivity contribution is -0.146. The Kier molecular flexibility index (Phi) is 9.60. The monoisotopic (exact) mass is 479 g/mol. The van der Waals surface area contributed by atoms with Crippen LogP contribution in [0.1, 0.15) is 51.2 Å². The number of fused-ring (bicyclic) bond motifs is 1. The molecule has 0 saturated heterocycles. The van der Waals surface area contributed by atoms with Gasteiger partial charge in [0, 0.05) is 31.7 Å². The molecule has 3 rings (SSSR count). The van der Waals surface area contributed by atoms with E-state index >= 15 is 0 Å². The van der Waals surface area contributed by atoms with Crippen molar-refractivity contribution >= 4 is 23.6 Å². The number of carbonyl (C=O) groups excluding carboxylic acids is 1. The van der Waals surface area contributed by atoms with E-state index in [2.05, 4.69) is 11.9 Å². The van der Waals surface area contributed by atoms with Crippen LogP contribution >= 0.6 is 0 Å². The molecule has 35 heavy (non-hydrogen) atoms. The minimum atomic E-state index is -0.782. The van der Waals surface area contributed by atoms with Gasteiger partial charge < -0.3 is 20.7 Å². The van der Waals surface area contributed by atoms with Crippen molar-refractivity contribution in [1.29, 1.82) is 0 Å². The van der Waals surface area contributed by atoms with E-state index in [0.29, 0.717) is 25.2 Å². The molecule has 1 aliphatic rings. The summed E-state index contributed by atoms with van der Waals surface area (Å²) >= 11 is 0. The Labute approximate surface area is 207 Å². The van der Waals surface area contributed by atoms with Crippen molar-refractivity contribution in [3.8, 4) is 11.1 Å². The molecule has 1 atom stereocenters. The topological polar surface area (TPSA) is 108 Å². The molecule has 1 aliphatic heterocycles. The lowest BCUT2D eigenvalue weighted by Gasteiger charge is -2.29. The number of hydrogen-bond donors (Lipinski definition) is 3. The average Bonchev–Trinajstić information content (AvgIpc) is 2.98. The van der Waals surface area contributed by atoms with Crippen LogP contribution in [-0.2, 0) is 16.0 Å². The summed E-state index contributed by atoms with van der Waals surface area (Å²) < 4.78 is 5.22. The zero-order chi connectivity index (χ0) is 25.4. The number of amidine groups is 1. The lowest BCUT2D eigenvalue weighted by Crippen LogP contribution is -2.39. The van der Waals surface area contributed by atoms with Crippen molar-refractivity contribution in [3.05, 3.63) is 59.2 Å². The molecule has 0 aliphatic carbocycles. The van der Waals surface area contributed by atoms with Gasteiger partial charge in [0.05, 0.1) is 18.2 Å². The molecule has 1 heterocycles. The maximum absolute atomic E-state index is 11.9. The van der Waals surface area contributed by atoms with Crippen molar-refractivity contribution in [2.75, 3.05) is 19.7 Å². The lowest BCUT2D eigenvalue weighted by atomic mass is 9.99. The molecule has 2 aromatic carbocycles. The molecule has 7 heteroatoms. The molecule has 7 nitrogen and oxygen atoms in total. The van der Waals surface area contributed by atoms with Crippen LogP contribution in [-0.4, -0.2) is 58.9 Å². The number of aliphatic hydroxyl groups is 2. The molecular weight excluding hydrogens is 442 g/mol. The second-order valence-electron chi connectivity index (χ2n) is 9.17. The average molecular weight is 480 g/mol. The van der Waals surface area contributed by atoms with E-state index in [0.717, 1.165) is 46.5 Å². The van der Waals surface area contributed by atoms with Gasteiger partial charge in [-0.05, 0) is 61.1 Å². The summed E-state index contributed by atoms with van der Waals surface area (Å²) in [6.45, 7) is 7.17. The summed E-state index contributed by atoms with van der Waals surface area (Å²) in [6, 6.07) is 13.8. The van der Waals surface area contributed by atoms with Crippen molar-refractivity contribution in [2.45, 2.75) is 58.8 Å². The first-order valence-corrected chi connectivity index (χ1v) is 12.3. The Balaban J connectivity index is 1.82. The summed E-state index contributed by atoms with van der Waals surface area (Å²) in [5.74, 6) is 0.213. The van der Waals surface area contributed by atoms with Crippen LogP contribution in [0, 0.1) is 0 Å². The Morgan fingerprint density at radius 1 is 1.14 bits per heavy atom. The van der Waals surface area contributed by atoms with Crippen LogP contribution in [0.4, 0.5) is 5.69 Å². The molecule has 4 N–H and O–H groups in total. The van der Waals surface area contributed by atoms with Crippen molar-refractivity contribution in [1.82, 2.24) is 4.90 Å². The predicted molar refractivity (Wildman–Crippen MR) is 140 cm³/mol. The molecule has 0 aromatic heterocycles. The molecule has 0 amide bonds. The third kappa shape index (κ3) is 7.49. The van der Waals surface area contributed by atoms with Crippen molar-refractivity contribution in [2.24, 2.45) is 10.7 Å². The number of nitrogens with zero attached hydrogens (tertiary/aromatic N) is 2. The third-order valence-electron chi connectivity index (χ3n) is 5.82. The van der Waals surface area contributed by atoms with E-state index in [1.165, 1.54) is 0 Å². The van der Waals surface area contributed by atoms with Crippen LogP contribution in [0.5, 0.6) is 0 Å². The van der Waals surface area contributed by atoms with Gasteiger partial charge >= 0.3 is 5.97 Å². The Morgan fingerprint density at radius 2 is 1.86 bits per heavy atom. The highest BCUT2D eigenvalue weighted by Gasteiger charge is 2.22. The zero-order valence-corrected chi connectivity index (χ0v) is 20.9. The number of esters is 1. The van der Waals surface area contributed by atoms with Gasteiger partial charge in [0.2, 0.25) is 0 Å². The van der Waals surface area contributed by atoms with Gasteiger partial charge in [-0.25, -0.2) is 4.99 Å². The van der Waals surface area contributed by atoms with E-state index in [1.807, 2.05) is 67.3 Å².